The predicted molar refractivity (Wildman–Crippen MR) is 75.7 cm³/mol. The topological polar surface area (TPSA) is 66.8 Å². The Kier molecular flexibility index (Phi) is 8.26. The molecule has 0 aliphatic carbocycles. The van der Waals surface area contributed by atoms with Crippen LogP contribution >= 0.6 is 0 Å². The number of esters is 1. The van der Waals surface area contributed by atoms with Crippen LogP contribution in [0.25, 0.3) is 0 Å². The Labute approximate surface area is 117 Å². The maximum atomic E-state index is 10.9. The second-order valence-corrected chi connectivity index (χ2v) is 6.20. The highest BCUT2D eigenvalue weighted by Crippen LogP contribution is 2.32. The molecule has 4 heteroatoms. The van der Waals surface area contributed by atoms with Crippen LogP contribution < -0.4 is 0 Å². The van der Waals surface area contributed by atoms with Gasteiger partial charge >= 0.3 is 5.97 Å². The van der Waals surface area contributed by atoms with E-state index in [1.165, 1.54) is 7.11 Å². The Morgan fingerprint density at radius 3 is 2.21 bits per heavy atom. The lowest BCUT2D eigenvalue weighted by Crippen LogP contribution is -2.43. The van der Waals surface area contributed by atoms with Crippen molar-refractivity contribution in [2.75, 3.05) is 7.11 Å². The summed E-state index contributed by atoms with van der Waals surface area (Å²) < 4.78 is 4.57. The average Bonchev–Trinajstić information content (AvgIpc) is 2.36. The number of hydrogen-bond donors (Lipinski definition) is 2. The van der Waals surface area contributed by atoms with Gasteiger partial charge in [-0.25, -0.2) is 0 Å². The standard InChI is InChI=1S/C15H30O4/c1-11(2)14(18)15(3,4)12(16)9-7-6-8-10-13(17)19-5/h11-12,14,16,18H,6-10H2,1-5H3. The van der Waals surface area contributed by atoms with E-state index >= 15 is 0 Å². The van der Waals surface area contributed by atoms with Crippen molar-refractivity contribution in [1.82, 2.24) is 0 Å². The highest BCUT2D eigenvalue weighted by atomic mass is 16.5. The first-order valence-corrected chi connectivity index (χ1v) is 7.16. The summed E-state index contributed by atoms with van der Waals surface area (Å²) in [6, 6.07) is 0. The molecule has 0 aromatic heterocycles. The number of aliphatic hydroxyl groups is 2. The minimum absolute atomic E-state index is 0.129. The molecule has 0 aromatic rings. The Bertz CT molecular complexity index is 261. The van der Waals surface area contributed by atoms with Gasteiger partial charge in [-0.3, -0.25) is 4.79 Å². The van der Waals surface area contributed by atoms with Crippen LogP contribution in [0.5, 0.6) is 0 Å². The third-order valence-corrected chi connectivity index (χ3v) is 3.84. The molecule has 19 heavy (non-hydrogen) atoms. The molecular weight excluding hydrogens is 244 g/mol. The Hall–Kier alpha value is -0.610. The van der Waals surface area contributed by atoms with Crippen molar-refractivity contribution < 1.29 is 19.7 Å². The van der Waals surface area contributed by atoms with E-state index in [2.05, 4.69) is 4.74 Å². The molecule has 2 unspecified atom stereocenters. The van der Waals surface area contributed by atoms with E-state index in [9.17, 15) is 15.0 Å². The Morgan fingerprint density at radius 2 is 1.74 bits per heavy atom. The van der Waals surface area contributed by atoms with E-state index < -0.39 is 17.6 Å². The maximum Gasteiger partial charge on any atom is 0.305 e. The molecule has 0 bridgehead atoms. The van der Waals surface area contributed by atoms with E-state index in [1.54, 1.807) is 0 Å². The Morgan fingerprint density at radius 1 is 1.16 bits per heavy atom. The molecular formula is C15H30O4. The number of methoxy groups -OCH3 is 1. The summed E-state index contributed by atoms with van der Waals surface area (Å²) in [5.74, 6) is -0.0555. The first-order chi connectivity index (χ1) is 8.73. The average molecular weight is 274 g/mol. The van der Waals surface area contributed by atoms with Gasteiger partial charge in [0.1, 0.15) is 0 Å². The van der Waals surface area contributed by atoms with Crippen LogP contribution in [0.15, 0.2) is 0 Å². The zero-order chi connectivity index (χ0) is 15.1. The third kappa shape index (κ3) is 6.39. The quantitative estimate of drug-likeness (QED) is 0.501. The third-order valence-electron chi connectivity index (χ3n) is 3.84. The summed E-state index contributed by atoms with van der Waals surface area (Å²) in [5.41, 5.74) is -0.503. The van der Waals surface area contributed by atoms with Crippen LogP contribution in [0.2, 0.25) is 0 Å². The lowest BCUT2D eigenvalue weighted by molar-refractivity contribution is -0.140. The highest BCUT2D eigenvalue weighted by molar-refractivity contribution is 5.68. The Balaban J connectivity index is 3.97. The molecule has 0 rings (SSSR count). The van der Waals surface area contributed by atoms with Crippen LogP contribution in [0, 0.1) is 11.3 Å². The van der Waals surface area contributed by atoms with Gasteiger partial charge in [-0.15, -0.1) is 0 Å². The van der Waals surface area contributed by atoms with Gasteiger partial charge in [-0.1, -0.05) is 40.5 Å². The first-order valence-electron chi connectivity index (χ1n) is 7.16. The minimum atomic E-state index is -0.525. The molecule has 0 fully saturated rings. The first kappa shape index (κ1) is 18.4. The molecule has 4 nitrogen and oxygen atoms in total. The van der Waals surface area contributed by atoms with Crippen molar-refractivity contribution in [3.05, 3.63) is 0 Å². The SMILES string of the molecule is COC(=O)CCCCCC(O)C(C)(C)C(O)C(C)C. The zero-order valence-electron chi connectivity index (χ0n) is 13.0. The lowest BCUT2D eigenvalue weighted by atomic mass is 9.75. The molecule has 0 radical (unpaired) electrons. The van der Waals surface area contributed by atoms with Crippen LogP contribution in [0.4, 0.5) is 0 Å². The molecule has 0 saturated heterocycles. The minimum Gasteiger partial charge on any atom is -0.469 e. The molecule has 2 N–H and O–H groups in total. The van der Waals surface area contributed by atoms with Gasteiger partial charge in [-0.2, -0.15) is 0 Å². The van der Waals surface area contributed by atoms with Gasteiger partial charge in [0.15, 0.2) is 0 Å². The van der Waals surface area contributed by atoms with Gasteiger partial charge in [0.05, 0.1) is 19.3 Å². The monoisotopic (exact) mass is 274 g/mol. The van der Waals surface area contributed by atoms with Crippen molar-refractivity contribution in [2.24, 2.45) is 11.3 Å². The van der Waals surface area contributed by atoms with Crippen LogP contribution in [0.3, 0.4) is 0 Å². The van der Waals surface area contributed by atoms with Crippen molar-refractivity contribution in [1.29, 1.82) is 0 Å². The normalized spacial score (nSPS) is 15.4. The fourth-order valence-electron chi connectivity index (χ4n) is 2.31. The van der Waals surface area contributed by atoms with Gasteiger partial charge < -0.3 is 14.9 Å². The van der Waals surface area contributed by atoms with E-state index in [-0.39, 0.29) is 11.9 Å². The van der Waals surface area contributed by atoms with Gasteiger partial charge in [-0.05, 0) is 18.8 Å². The van der Waals surface area contributed by atoms with Crippen molar-refractivity contribution in [3.8, 4) is 0 Å². The molecule has 0 aromatic carbocycles. The van der Waals surface area contributed by atoms with E-state index in [0.29, 0.717) is 12.8 Å². The molecule has 0 aliphatic rings. The molecule has 2 atom stereocenters. The highest BCUT2D eigenvalue weighted by Gasteiger charge is 2.36. The van der Waals surface area contributed by atoms with Crippen molar-refractivity contribution in [3.63, 3.8) is 0 Å². The smallest absolute Gasteiger partial charge is 0.305 e. The maximum absolute atomic E-state index is 10.9. The largest absolute Gasteiger partial charge is 0.469 e. The fourth-order valence-corrected chi connectivity index (χ4v) is 2.31. The van der Waals surface area contributed by atoms with Crippen LogP contribution in [-0.4, -0.2) is 35.5 Å². The van der Waals surface area contributed by atoms with Crippen molar-refractivity contribution in [2.45, 2.75) is 72.0 Å². The number of carbonyl (C=O) groups is 1. The summed E-state index contributed by atoms with van der Waals surface area (Å²) >= 11 is 0. The molecule has 114 valence electrons. The van der Waals surface area contributed by atoms with Gasteiger partial charge in [0, 0.05) is 11.8 Å². The van der Waals surface area contributed by atoms with E-state index in [1.807, 2.05) is 27.7 Å². The second-order valence-electron chi connectivity index (χ2n) is 6.20. The van der Waals surface area contributed by atoms with E-state index in [0.717, 1.165) is 19.3 Å². The molecule has 0 heterocycles. The fraction of sp³-hybridized carbons (Fsp3) is 0.933. The summed E-state index contributed by atoms with van der Waals surface area (Å²) in [7, 11) is 1.39. The second kappa shape index (κ2) is 8.54. The summed E-state index contributed by atoms with van der Waals surface area (Å²) in [5, 5.41) is 20.3. The van der Waals surface area contributed by atoms with Gasteiger partial charge in [0.25, 0.3) is 0 Å². The number of unbranched alkanes of at least 4 members (excludes halogenated alkanes) is 2. The molecule has 0 amide bonds. The number of ether oxygens (including phenoxy) is 1. The summed E-state index contributed by atoms with van der Waals surface area (Å²) in [6.07, 6.45) is 2.57. The number of hydrogen-bond acceptors (Lipinski definition) is 4. The van der Waals surface area contributed by atoms with Crippen LogP contribution in [0.1, 0.15) is 59.8 Å². The molecule has 0 saturated carbocycles. The summed E-state index contributed by atoms with van der Waals surface area (Å²) in [6.45, 7) is 7.71. The van der Waals surface area contributed by atoms with Crippen molar-refractivity contribution >= 4 is 5.97 Å². The van der Waals surface area contributed by atoms with Gasteiger partial charge in [0.2, 0.25) is 0 Å². The predicted octanol–water partition coefficient (Wildman–Crippen LogP) is 2.51. The number of carbonyl (C=O) groups excluding carboxylic acids is 1. The summed E-state index contributed by atoms with van der Waals surface area (Å²) in [4.78, 5) is 10.9. The zero-order valence-corrected chi connectivity index (χ0v) is 13.0. The van der Waals surface area contributed by atoms with Crippen LogP contribution in [-0.2, 0) is 9.53 Å². The molecule has 0 spiro atoms. The number of rotatable bonds is 9. The number of aliphatic hydroxyl groups excluding tert-OH is 2. The van der Waals surface area contributed by atoms with E-state index in [4.69, 9.17) is 0 Å². The molecule has 0 aliphatic heterocycles. The lowest BCUT2D eigenvalue weighted by Gasteiger charge is -2.37.